The van der Waals surface area contributed by atoms with Gasteiger partial charge in [-0.05, 0) is 106 Å². The molecule has 62 heavy (non-hydrogen) atoms. The van der Waals surface area contributed by atoms with E-state index in [-0.39, 0.29) is 30.6 Å². The van der Waals surface area contributed by atoms with Crippen molar-refractivity contribution < 1.29 is 33.6 Å². The maximum atomic E-state index is 13.2. The molecule has 0 aromatic heterocycles. The van der Waals surface area contributed by atoms with E-state index >= 15 is 0 Å². The molecule has 0 aliphatic carbocycles. The van der Waals surface area contributed by atoms with Gasteiger partial charge in [0, 0.05) is 37.4 Å². The van der Waals surface area contributed by atoms with Crippen molar-refractivity contribution in [3.8, 4) is 0 Å². The molecule has 6 rings (SSSR count). The van der Waals surface area contributed by atoms with Crippen molar-refractivity contribution in [3.05, 3.63) is 142 Å². The monoisotopic (exact) mass is 847 g/mol. The predicted molar refractivity (Wildman–Crippen MR) is 245 cm³/mol. The van der Waals surface area contributed by atoms with Crippen LogP contribution in [0.4, 0.5) is 0 Å². The first-order valence-corrected chi connectivity index (χ1v) is 22.7. The summed E-state index contributed by atoms with van der Waals surface area (Å²) in [6.45, 7) is 14.0. The highest BCUT2D eigenvalue weighted by Gasteiger charge is 2.71. The Kier molecular flexibility index (Phi) is 15.6. The number of hydrogen-bond donors (Lipinski definition) is 2. The van der Waals surface area contributed by atoms with E-state index in [0.29, 0.717) is 45.4 Å². The second-order valence-electron chi connectivity index (χ2n) is 18.5. The normalized spacial score (nSPS) is 22.5. The highest BCUT2D eigenvalue weighted by molar-refractivity contribution is 5.89. The number of carbonyl (C=O) groups is 2. The minimum absolute atomic E-state index is 0.0131. The molecule has 1 amide bonds. The van der Waals surface area contributed by atoms with Crippen LogP contribution in [0.2, 0.25) is 0 Å². The van der Waals surface area contributed by atoms with Crippen LogP contribution in [0.15, 0.2) is 103 Å². The number of aliphatic hydroxyl groups is 1. The molecule has 9 heteroatoms. The van der Waals surface area contributed by atoms with E-state index in [1.165, 1.54) is 5.56 Å². The number of ether oxygens (including phenoxy) is 4. The Hall–Kier alpha value is -4.22. The van der Waals surface area contributed by atoms with Crippen molar-refractivity contribution in [2.24, 2.45) is 11.3 Å². The molecule has 2 aliphatic heterocycles. The third kappa shape index (κ3) is 10.6. The Morgan fingerprint density at radius 2 is 1.47 bits per heavy atom. The van der Waals surface area contributed by atoms with Crippen LogP contribution in [-0.2, 0) is 60.4 Å². The van der Waals surface area contributed by atoms with Crippen molar-refractivity contribution in [2.45, 2.75) is 129 Å². The van der Waals surface area contributed by atoms with Crippen LogP contribution in [0, 0.1) is 18.3 Å². The van der Waals surface area contributed by atoms with Gasteiger partial charge in [0.05, 0.1) is 36.9 Å². The summed E-state index contributed by atoms with van der Waals surface area (Å²) in [7, 11) is 3.96. The summed E-state index contributed by atoms with van der Waals surface area (Å²) in [6.07, 6.45) is 3.09. The first-order valence-electron chi connectivity index (χ1n) is 22.7. The van der Waals surface area contributed by atoms with E-state index in [1.54, 1.807) is 13.8 Å². The molecule has 2 bridgehead atoms. The molecule has 0 spiro atoms. The third-order valence-electron chi connectivity index (χ3n) is 13.6. The van der Waals surface area contributed by atoms with Gasteiger partial charge < -0.3 is 34.3 Å². The summed E-state index contributed by atoms with van der Waals surface area (Å²) in [6, 6.07) is 35.2. The molecule has 9 nitrogen and oxygen atoms in total. The molecule has 4 aromatic carbocycles. The Balaban J connectivity index is 1.19. The maximum Gasteiger partial charge on any atom is 0.226 e. The van der Waals surface area contributed by atoms with E-state index in [4.69, 9.17) is 18.9 Å². The molecular formula is C53H70N2O7. The fraction of sp³-hybridized carbons (Fsp3) is 0.509. The zero-order chi connectivity index (χ0) is 44.5. The van der Waals surface area contributed by atoms with Crippen LogP contribution < -0.4 is 5.32 Å². The van der Waals surface area contributed by atoms with Gasteiger partial charge in [0.15, 0.2) is 0 Å². The summed E-state index contributed by atoms with van der Waals surface area (Å²) in [5.74, 6) is -1.50. The number of nitrogens with one attached hydrogen (secondary N) is 1. The number of ketones is 1. The highest BCUT2D eigenvalue weighted by Crippen LogP contribution is 2.57. The van der Waals surface area contributed by atoms with Gasteiger partial charge in [0.2, 0.25) is 11.7 Å². The quantitative estimate of drug-likeness (QED) is 0.0809. The summed E-state index contributed by atoms with van der Waals surface area (Å²) in [4.78, 5) is 28.4. The van der Waals surface area contributed by atoms with Crippen molar-refractivity contribution in [1.29, 1.82) is 0 Å². The lowest BCUT2D eigenvalue weighted by Gasteiger charge is -2.54. The topological polar surface area (TPSA) is 107 Å². The molecule has 0 radical (unpaired) electrons. The van der Waals surface area contributed by atoms with Crippen molar-refractivity contribution in [3.63, 3.8) is 0 Å². The molecule has 2 N–H and O–H groups in total. The minimum Gasteiger partial charge on any atom is -0.387 e. The number of nitrogens with zero attached hydrogens (tertiary/aromatic N) is 1. The Labute approximate surface area is 370 Å². The number of Topliss-reactive ketones (excluding diaryl/α,β-unsaturated/α-hetero) is 1. The standard InChI is InChI=1S/C53H70N2O7/c1-9-51(10-2,49(57)54-30-31-55(7)8)34-46(56)23-17-22-40-25-27-41(28-26-40)32-44-33-45(29-24-38(44)3)53-48(60-36-43-20-15-12-16-21-43)47(59-35-42-18-13-11-14-19-42)39(4)52(62-53,37-61-53)50(5,6)58/h11-16,18-21,24-29,33,39,47-48,58H,9-10,17,22-23,30-32,34-37H2,1-8H3,(H,54,57)/t39-,47-,48+,52-,53-/m0/s1. The van der Waals surface area contributed by atoms with Crippen LogP contribution in [-0.4, -0.2) is 78.9 Å². The smallest absolute Gasteiger partial charge is 0.226 e. The molecule has 2 saturated heterocycles. The summed E-state index contributed by atoms with van der Waals surface area (Å²) >= 11 is 0. The fourth-order valence-corrected chi connectivity index (χ4v) is 9.34. The van der Waals surface area contributed by atoms with Gasteiger partial charge in [-0.25, -0.2) is 0 Å². The Morgan fingerprint density at radius 1 is 0.855 bits per heavy atom. The van der Waals surface area contributed by atoms with Gasteiger partial charge in [-0.1, -0.05) is 118 Å². The number of hydrogen-bond acceptors (Lipinski definition) is 8. The van der Waals surface area contributed by atoms with Crippen molar-refractivity contribution in [2.75, 3.05) is 33.8 Å². The summed E-state index contributed by atoms with van der Waals surface area (Å²) < 4.78 is 27.8. The molecule has 5 atom stereocenters. The van der Waals surface area contributed by atoms with Crippen LogP contribution in [0.5, 0.6) is 0 Å². The molecule has 334 valence electrons. The second kappa shape index (κ2) is 20.5. The molecule has 0 saturated carbocycles. The lowest BCUT2D eigenvalue weighted by atomic mass is 9.70. The second-order valence-corrected chi connectivity index (χ2v) is 18.5. The SMILES string of the molecule is CCC(CC)(CC(=O)CCCc1ccc(Cc2cc([C@]34OC[C@](C(C)(C)O)(O3)[C@@H](C)[C@H](OCc3ccccc3)[C@H]4OCc3ccccc3)ccc2C)cc1)C(=O)NCCN(C)C. The zero-order valence-electron chi connectivity index (χ0n) is 38.4. The molecule has 2 aliphatic rings. The van der Waals surface area contributed by atoms with E-state index in [1.807, 2.05) is 81.4 Å². The average molecular weight is 847 g/mol. The number of benzene rings is 4. The van der Waals surface area contributed by atoms with Gasteiger partial charge in [0.25, 0.3) is 0 Å². The van der Waals surface area contributed by atoms with Crippen LogP contribution in [0.25, 0.3) is 0 Å². The molecule has 2 fully saturated rings. The van der Waals surface area contributed by atoms with Gasteiger partial charge in [-0.15, -0.1) is 0 Å². The third-order valence-corrected chi connectivity index (χ3v) is 13.6. The number of aryl methyl sites for hydroxylation is 2. The molecule has 4 aromatic rings. The number of carbonyl (C=O) groups excluding carboxylic acids is 2. The molecular weight excluding hydrogens is 777 g/mol. The minimum atomic E-state index is -1.35. The van der Waals surface area contributed by atoms with Crippen LogP contribution in [0.3, 0.4) is 0 Å². The lowest BCUT2D eigenvalue weighted by Crippen LogP contribution is -2.68. The van der Waals surface area contributed by atoms with E-state index < -0.39 is 34.6 Å². The first kappa shape index (κ1) is 47.3. The highest BCUT2D eigenvalue weighted by atomic mass is 16.8. The van der Waals surface area contributed by atoms with E-state index in [0.717, 1.165) is 52.8 Å². The molecule has 0 unspecified atom stereocenters. The number of fused-ring (bicyclic) bond motifs is 2. The number of rotatable bonds is 22. The predicted octanol–water partition coefficient (Wildman–Crippen LogP) is 8.88. The zero-order valence-corrected chi connectivity index (χ0v) is 38.4. The Morgan fingerprint density at radius 3 is 2.06 bits per heavy atom. The van der Waals surface area contributed by atoms with Crippen molar-refractivity contribution >= 4 is 11.7 Å². The Bertz CT molecular complexity index is 2060. The number of likely N-dealkylation sites (N-methyl/N-ethyl adjacent to an activating group) is 1. The van der Waals surface area contributed by atoms with Gasteiger partial charge in [-0.2, -0.15) is 0 Å². The van der Waals surface area contributed by atoms with Crippen molar-refractivity contribution in [1.82, 2.24) is 10.2 Å². The van der Waals surface area contributed by atoms with E-state index in [9.17, 15) is 14.7 Å². The van der Waals surface area contributed by atoms with Gasteiger partial charge in [-0.3, -0.25) is 9.59 Å². The molecule has 2 heterocycles. The van der Waals surface area contributed by atoms with Gasteiger partial charge >= 0.3 is 0 Å². The van der Waals surface area contributed by atoms with Crippen LogP contribution >= 0.6 is 0 Å². The average Bonchev–Trinajstić information content (AvgIpc) is 3.65. The number of amides is 1. The summed E-state index contributed by atoms with van der Waals surface area (Å²) in [5.41, 5.74) is 4.53. The summed E-state index contributed by atoms with van der Waals surface area (Å²) in [5, 5.41) is 14.9. The van der Waals surface area contributed by atoms with Gasteiger partial charge in [0.1, 0.15) is 17.5 Å². The first-order chi connectivity index (χ1) is 29.6. The maximum absolute atomic E-state index is 13.2. The fourth-order valence-electron chi connectivity index (χ4n) is 9.34. The van der Waals surface area contributed by atoms with E-state index in [2.05, 4.69) is 73.8 Å². The largest absolute Gasteiger partial charge is 0.387 e. The lowest BCUT2D eigenvalue weighted by molar-refractivity contribution is -0.352. The van der Waals surface area contributed by atoms with Crippen LogP contribution in [0.1, 0.15) is 106 Å².